The average molecular weight is 244 g/mol. The van der Waals surface area contributed by atoms with Gasteiger partial charge in [0.1, 0.15) is 18.3 Å². The summed E-state index contributed by atoms with van der Waals surface area (Å²) in [5.74, 6) is -1.73. The van der Waals surface area contributed by atoms with Gasteiger partial charge in [0.2, 0.25) is 0 Å². The summed E-state index contributed by atoms with van der Waals surface area (Å²) in [6, 6.07) is 0. The molecule has 14 heavy (non-hydrogen) atoms. The Bertz CT molecular complexity index is 176. The van der Waals surface area contributed by atoms with E-state index in [9.17, 15) is 4.79 Å². The molecule has 0 saturated carbocycles. The Hall–Kier alpha value is -0.0157. The second-order valence-electron chi connectivity index (χ2n) is 2.51. The Kier molecular flexibility index (Phi) is 8.56. The summed E-state index contributed by atoms with van der Waals surface area (Å²) in [5, 5.41) is 51.8. The summed E-state index contributed by atoms with van der Waals surface area (Å²) in [6.07, 6.45) is -7.84. The normalized spacial score (nSPS) is 18.9. The van der Waals surface area contributed by atoms with Crippen molar-refractivity contribution in [2.75, 3.05) is 6.61 Å². The molecule has 0 bridgehead atoms. The second kappa shape index (κ2) is 7.30. The van der Waals surface area contributed by atoms with Crippen molar-refractivity contribution < 1.29 is 57.2 Å². The quantitative estimate of drug-likeness (QED) is 0.276. The van der Waals surface area contributed by atoms with E-state index in [4.69, 9.17) is 30.6 Å². The van der Waals surface area contributed by atoms with Gasteiger partial charge in [0.25, 0.3) is 0 Å². The molecule has 0 aromatic carbocycles. The summed E-state index contributed by atoms with van der Waals surface area (Å²) in [5.41, 5.74) is 0. The zero-order valence-electron chi connectivity index (χ0n) is 7.11. The maximum absolute atomic E-state index is 10.1. The van der Waals surface area contributed by atoms with Gasteiger partial charge in [-0.05, 0) is 0 Å². The van der Waals surface area contributed by atoms with E-state index in [1.165, 1.54) is 0 Å². The minimum absolute atomic E-state index is 0. The summed E-state index contributed by atoms with van der Waals surface area (Å²) in [6.45, 7) is -0.843. The van der Waals surface area contributed by atoms with Crippen LogP contribution >= 0.6 is 0 Å². The number of aliphatic hydroxyl groups excluding tert-OH is 5. The minimum Gasteiger partial charge on any atom is -0.479 e. The van der Waals surface area contributed by atoms with Gasteiger partial charge in [-0.25, -0.2) is 4.79 Å². The van der Waals surface area contributed by atoms with Crippen LogP contribution in [0.4, 0.5) is 0 Å². The number of hydrogen-bond donors (Lipinski definition) is 6. The van der Waals surface area contributed by atoms with Crippen LogP contribution in [0.5, 0.6) is 0 Å². The Morgan fingerprint density at radius 1 is 1.07 bits per heavy atom. The summed E-state index contributed by atoms with van der Waals surface area (Å²) < 4.78 is 0. The van der Waals surface area contributed by atoms with Crippen LogP contribution in [0.2, 0.25) is 0 Å². The number of hydrogen-bond acceptors (Lipinski definition) is 6. The third-order valence-corrected chi connectivity index (χ3v) is 1.51. The Labute approximate surface area is 94.5 Å². The van der Waals surface area contributed by atoms with Crippen molar-refractivity contribution in [3.8, 4) is 0 Å². The molecule has 0 saturated heterocycles. The molecule has 8 heteroatoms. The van der Waals surface area contributed by atoms with Crippen molar-refractivity contribution in [1.82, 2.24) is 0 Å². The van der Waals surface area contributed by atoms with Crippen LogP contribution < -0.4 is 0 Å². The minimum atomic E-state index is -2.20. The molecule has 4 atom stereocenters. The van der Waals surface area contributed by atoms with Gasteiger partial charge in [0.15, 0.2) is 6.10 Å². The number of carbonyl (C=O) groups is 1. The van der Waals surface area contributed by atoms with Gasteiger partial charge in [-0.3, -0.25) is 0 Å². The fourth-order valence-corrected chi connectivity index (χ4v) is 0.668. The van der Waals surface area contributed by atoms with Crippen LogP contribution in [0, 0.1) is 0 Å². The van der Waals surface area contributed by atoms with Gasteiger partial charge >= 0.3 is 5.97 Å². The molecule has 0 aliphatic rings. The van der Waals surface area contributed by atoms with Crippen molar-refractivity contribution >= 4 is 5.97 Å². The first kappa shape index (κ1) is 16.4. The molecule has 82 valence electrons. The number of aliphatic hydroxyl groups is 5. The molecule has 0 aromatic rings. The van der Waals surface area contributed by atoms with E-state index in [1.807, 2.05) is 0 Å². The number of rotatable bonds is 5. The fraction of sp³-hybridized carbons (Fsp3) is 0.833. The average Bonchev–Trinajstić information content (AvgIpc) is 2.12. The monoisotopic (exact) mass is 244 g/mol. The molecule has 0 fully saturated rings. The van der Waals surface area contributed by atoms with Gasteiger partial charge in [0, 0.05) is 21.7 Å². The SMILES string of the molecule is O=C(O)[C@H](O)[C@@H](O)[C@H](O)[C@H](O)CO.[Ti]. The topological polar surface area (TPSA) is 138 Å². The predicted molar refractivity (Wildman–Crippen MR) is 38.7 cm³/mol. The molecule has 0 heterocycles. The number of carboxylic acids is 1. The first-order chi connectivity index (χ1) is 5.91. The van der Waals surface area contributed by atoms with Crippen molar-refractivity contribution in [1.29, 1.82) is 0 Å². The smallest absolute Gasteiger partial charge is 0.335 e. The molecule has 0 amide bonds. The van der Waals surface area contributed by atoms with Gasteiger partial charge in [-0.1, -0.05) is 0 Å². The van der Waals surface area contributed by atoms with Gasteiger partial charge in [-0.2, -0.15) is 0 Å². The molecule has 0 radical (unpaired) electrons. The Morgan fingerprint density at radius 3 is 1.79 bits per heavy atom. The first-order valence-electron chi connectivity index (χ1n) is 3.47. The molecule has 6 N–H and O–H groups in total. The molecule has 0 rings (SSSR count). The molecule has 0 unspecified atom stereocenters. The third-order valence-electron chi connectivity index (χ3n) is 1.51. The maximum Gasteiger partial charge on any atom is 0.335 e. The van der Waals surface area contributed by atoms with Crippen LogP contribution in [0.15, 0.2) is 0 Å². The van der Waals surface area contributed by atoms with Crippen LogP contribution in [0.25, 0.3) is 0 Å². The van der Waals surface area contributed by atoms with Gasteiger partial charge < -0.3 is 30.6 Å². The van der Waals surface area contributed by atoms with Crippen LogP contribution in [-0.4, -0.2) is 67.6 Å². The van der Waals surface area contributed by atoms with E-state index in [0.717, 1.165) is 0 Å². The van der Waals surface area contributed by atoms with E-state index >= 15 is 0 Å². The fourth-order valence-electron chi connectivity index (χ4n) is 0.668. The zero-order chi connectivity index (χ0) is 10.6. The standard InChI is InChI=1S/C6H12O7.Ti/c7-1-2(8)3(9)4(10)5(11)6(12)13;/h2-5,7-11H,1H2,(H,12,13);/t2-,3-,4+,5-;/m1./s1. The third kappa shape index (κ3) is 4.47. The molecule has 0 aromatic heterocycles. The van der Waals surface area contributed by atoms with E-state index in [2.05, 4.69) is 0 Å². The van der Waals surface area contributed by atoms with Gasteiger partial charge in [-0.15, -0.1) is 0 Å². The zero-order valence-corrected chi connectivity index (χ0v) is 8.67. The Balaban J connectivity index is 0. The maximum atomic E-state index is 10.1. The molecule has 7 nitrogen and oxygen atoms in total. The van der Waals surface area contributed by atoms with E-state index in [0.29, 0.717) is 0 Å². The largest absolute Gasteiger partial charge is 0.479 e. The number of aliphatic carboxylic acids is 1. The van der Waals surface area contributed by atoms with Crippen LogP contribution in [0.1, 0.15) is 0 Å². The summed E-state index contributed by atoms with van der Waals surface area (Å²) >= 11 is 0. The molecule has 0 aliphatic heterocycles. The van der Waals surface area contributed by atoms with E-state index in [-0.39, 0.29) is 21.7 Å². The Morgan fingerprint density at radius 2 is 1.50 bits per heavy atom. The first-order valence-corrected chi connectivity index (χ1v) is 3.47. The van der Waals surface area contributed by atoms with Crippen molar-refractivity contribution in [3.63, 3.8) is 0 Å². The van der Waals surface area contributed by atoms with Crippen molar-refractivity contribution in [2.24, 2.45) is 0 Å². The van der Waals surface area contributed by atoms with Crippen molar-refractivity contribution in [3.05, 3.63) is 0 Å². The summed E-state index contributed by atoms with van der Waals surface area (Å²) in [7, 11) is 0. The van der Waals surface area contributed by atoms with E-state index < -0.39 is 37.0 Å². The molecule has 0 spiro atoms. The molecular formula is C6H12O7Ti. The van der Waals surface area contributed by atoms with E-state index in [1.54, 1.807) is 0 Å². The number of carboxylic acid groups (broad SMARTS) is 1. The molecule has 0 aliphatic carbocycles. The van der Waals surface area contributed by atoms with Crippen LogP contribution in [0.3, 0.4) is 0 Å². The second-order valence-corrected chi connectivity index (χ2v) is 2.51. The van der Waals surface area contributed by atoms with Gasteiger partial charge in [0.05, 0.1) is 6.61 Å². The predicted octanol–water partition coefficient (Wildman–Crippen LogP) is -3.50. The van der Waals surface area contributed by atoms with Crippen LogP contribution in [-0.2, 0) is 26.5 Å². The van der Waals surface area contributed by atoms with Crippen molar-refractivity contribution in [2.45, 2.75) is 24.4 Å². The molecular weight excluding hydrogens is 232 g/mol. The summed E-state index contributed by atoms with van der Waals surface area (Å²) in [4.78, 5) is 10.1.